The summed E-state index contributed by atoms with van der Waals surface area (Å²) in [6, 6.07) is 0. The van der Waals surface area contributed by atoms with Gasteiger partial charge in [0.1, 0.15) is 0 Å². The van der Waals surface area contributed by atoms with Gasteiger partial charge in [-0.25, -0.2) is 0 Å². The molecule has 0 saturated heterocycles. The molecule has 0 radical (unpaired) electrons. The first-order valence-electron chi connectivity index (χ1n) is 0. The molecule has 0 bridgehead atoms. The smallest absolute Gasteiger partial charge is 2.00 e. The third-order valence-corrected chi connectivity index (χ3v) is 0. The predicted octanol–water partition coefficient (Wildman–Crippen LogP) is 0.599. The molecule has 0 aliphatic heterocycles. The van der Waals surface area contributed by atoms with Gasteiger partial charge in [0.15, 0.2) is 0 Å². The zero-order valence-electron chi connectivity index (χ0n) is 3.75. The van der Waals surface area contributed by atoms with E-state index in [4.69, 9.17) is 0 Å². The Morgan fingerprint density at radius 1 is 0.429 bits per heavy atom. The van der Waals surface area contributed by atoms with Crippen LogP contribution in [0.25, 0.3) is 0 Å². The first-order valence-corrected chi connectivity index (χ1v) is 0. The van der Waals surface area contributed by atoms with Crippen LogP contribution in [0, 0.1) is 0 Å². The predicted molar refractivity (Wildman–Crippen MR) is 15.9 cm³/mol. The van der Waals surface area contributed by atoms with Gasteiger partial charge in [-0.15, -0.1) is 24.8 Å². The van der Waals surface area contributed by atoms with Gasteiger partial charge in [0, 0.05) is 0 Å². The Labute approximate surface area is 93.3 Å². The van der Waals surface area contributed by atoms with Gasteiger partial charge >= 0.3 is 58.4 Å². The summed E-state index contributed by atoms with van der Waals surface area (Å²) in [6.07, 6.45) is 0. The van der Waals surface area contributed by atoms with Crippen molar-refractivity contribution in [1.29, 1.82) is 0 Å². The van der Waals surface area contributed by atoms with Crippen LogP contribution in [0.1, 0.15) is 0 Å². The Morgan fingerprint density at radius 3 is 0.429 bits per heavy atom. The SMILES string of the molecule is Cl.Cl.[O-2].[O-2].[Zn+2].[Zn+2].[Zn+2]. The van der Waals surface area contributed by atoms with Crippen molar-refractivity contribution in [3.63, 3.8) is 0 Å². The normalized spacial score (nSPS) is 0. The molecule has 0 N–H and O–H groups in total. The van der Waals surface area contributed by atoms with E-state index in [1.165, 1.54) is 0 Å². The summed E-state index contributed by atoms with van der Waals surface area (Å²) in [5.74, 6) is 0. The van der Waals surface area contributed by atoms with E-state index >= 15 is 0 Å². The zero-order chi connectivity index (χ0) is 0. The Bertz CT molecular complexity index is 10.9. The summed E-state index contributed by atoms with van der Waals surface area (Å²) in [4.78, 5) is 0. The molecule has 0 amide bonds. The third-order valence-electron chi connectivity index (χ3n) is 0. The van der Waals surface area contributed by atoms with E-state index in [9.17, 15) is 0 Å². The first-order chi connectivity index (χ1) is 0. The summed E-state index contributed by atoms with van der Waals surface area (Å²) < 4.78 is 0. The molecule has 32 valence electrons. The average Bonchev–Trinajstić information content (AvgIpc) is 0. The fraction of sp³-hybridized carbons (Fsp3) is 0. The second-order valence-corrected chi connectivity index (χ2v) is 0. The summed E-state index contributed by atoms with van der Waals surface area (Å²) >= 11 is 0. The maximum atomic E-state index is 0. The van der Waals surface area contributed by atoms with Gasteiger partial charge in [0.2, 0.25) is 0 Å². The molecular formula is H2Cl2O2Zn3+2. The Kier molecular flexibility index (Phi) is 1350. The maximum Gasteiger partial charge on any atom is 2.00 e. The monoisotopic (exact) mass is 296 g/mol. The van der Waals surface area contributed by atoms with Crippen molar-refractivity contribution in [1.82, 2.24) is 0 Å². The van der Waals surface area contributed by atoms with Gasteiger partial charge in [-0.1, -0.05) is 0 Å². The second kappa shape index (κ2) is 80.9. The van der Waals surface area contributed by atoms with Crippen LogP contribution >= 0.6 is 24.8 Å². The topological polar surface area (TPSA) is 57.0 Å². The summed E-state index contributed by atoms with van der Waals surface area (Å²) in [7, 11) is 0. The third kappa shape index (κ3) is 60.5. The molecule has 7 heteroatoms. The molecule has 0 saturated carbocycles. The van der Waals surface area contributed by atoms with Crippen LogP contribution in [-0.4, -0.2) is 0 Å². The van der Waals surface area contributed by atoms with Crippen molar-refractivity contribution in [2.24, 2.45) is 0 Å². The van der Waals surface area contributed by atoms with Gasteiger partial charge in [0.05, 0.1) is 0 Å². The van der Waals surface area contributed by atoms with Crippen molar-refractivity contribution in [3.8, 4) is 0 Å². The molecule has 0 aromatic rings. The summed E-state index contributed by atoms with van der Waals surface area (Å²) in [5.41, 5.74) is 0. The minimum Gasteiger partial charge on any atom is -2.00 e. The number of halogens is 2. The minimum absolute atomic E-state index is 0. The second-order valence-electron chi connectivity index (χ2n) is 0. The molecule has 0 aliphatic rings. The fourth-order valence-electron chi connectivity index (χ4n) is 0. The molecule has 2 nitrogen and oxygen atoms in total. The van der Waals surface area contributed by atoms with Gasteiger partial charge < -0.3 is 11.0 Å². The average molecular weight is 301 g/mol. The number of hydrogen-bond donors (Lipinski definition) is 0. The molecular weight excluding hydrogens is 299 g/mol. The van der Waals surface area contributed by atoms with Crippen LogP contribution in [0.5, 0.6) is 0 Å². The molecule has 7 heavy (non-hydrogen) atoms. The van der Waals surface area contributed by atoms with E-state index in [0.29, 0.717) is 0 Å². The van der Waals surface area contributed by atoms with Crippen LogP contribution in [0.4, 0.5) is 0 Å². The molecule has 0 fully saturated rings. The fourth-order valence-corrected chi connectivity index (χ4v) is 0. The molecule has 0 aromatic heterocycles. The van der Waals surface area contributed by atoms with Gasteiger partial charge in [-0.3, -0.25) is 0 Å². The molecule has 0 aliphatic carbocycles. The molecule has 0 heterocycles. The summed E-state index contributed by atoms with van der Waals surface area (Å²) in [6.45, 7) is 0. The Hall–Kier alpha value is 2.37. The standard InChI is InChI=1S/2ClH.2O.3Zn/h2*1H;;;;;/q;;2*-2;3*+2. The van der Waals surface area contributed by atoms with E-state index in [1.54, 1.807) is 0 Å². The number of hydrogen-bond acceptors (Lipinski definition) is 0. The maximum absolute atomic E-state index is 0. The quantitative estimate of drug-likeness (QED) is 0.588. The first kappa shape index (κ1) is 117. The Balaban J connectivity index is 0. The van der Waals surface area contributed by atoms with Gasteiger partial charge in [-0.2, -0.15) is 0 Å². The van der Waals surface area contributed by atoms with E-state index in [-0.39, 0.29) is 94.2 Å². The minimum atomic E-state index is 0. The van der Waals surface area contributed by atoms with Crippen molar-refractivity contribution < 1.29 is 69.4 Å². The molecule has 0 aromatic carbocycles. The van der Waals surface area contributed by atoms with Crippen molar-refractivity contribution in [2.75, 3.05) is 0 Å². The van der Waals surface area contributed by atoms with Gasteiger partial charge in [0.25, 0.3) is 0 Å². The Morgan fingerprint density at radius 2 is 0.429 bits per heavy atom. The number of rotatable bonds is 0. The van der Waals surface area contributed by atoms with Crippen molar-refractivity contribution in [2.45, 2.75) is 0 Å². The van der Waals surface area contributed by atoms with E-state index in [2.05, 4.69) is 0 Å². The van der Waals surface area contributed by atoms with Gasteiger partial charge in [-0.05, 0) is 0 Å². The van der Waals surface area contributed by atoms with Crippen LogP contribution in [-0.2, 0) is 69.4 Å². The van der Waals surface area contributed by atoms with Crippen molar-refractivity contribution >= 4 is 24.8 Å². The zero-order valence-corrected chi connectivity index (χ0v) is 14.3. The van der Waals surface area contributed by atoms with Crippen molar-refractivity contribution in [3.05, 3.63) is 0 Å². The van der Waals surface area contributed by atoms with Crippen LogP contribution < -0.4 is 0 Å². The molecule has 0 rings (SSSR count). The molecule has 0 unspecified atom stereocenters. The van der Waals surface area contributed by atoms with E-state index < -0.39 is 0 Å². The van der Waals surface area contributed by atoms with Crippen LogP contribution in [0.15, 0.2) is 0 Å². The van der Waals surface area contributed by atoms with Crippen LogP contribution in [0.3, 0.4) is 0 Å². The largest absolute Gasteiger partial charge is 2.00 e. The van der Waals surface area contributed by atoms with E-state index in [1.807, 2.05) is 0 Å². The molecule has 0 atom stereocenters. The summed E-state index contributed by atoms with van der Waals surface area (Å²) in [5, 5.41) is 0. The van der Waals surface area contributed by atoms with Crippen LogP contribution in [0.2, 0.25) is 0 Å². The van der Waals surface area contributed by atoms with E-state index in [0.717, 1.165) is 0 Å². The molecule has 0 spiro atoms.